The van der Waals surface area contributed by atoms with E-state index >= 15 is 0 Å². The number of carbonyl (C=O) groups is 4. The van der Waals surface area contributed by atoms with Crippen LogP contribution >= 0.6 is 23.2 Å². The van der Waals surface area contributed by atoms with Crippen LogP contribution in [0.5, 0.6) is 0 Å². The van der Waals surface area contributed by atoms with Crippen LogP contribution in [0.1, 0.15) is 61.4 Å². The molecule has 1 aliphatic carbocycles. The molecule has 2 aromatic carbocycles. The lowest BCUT2D eigenvalue weighted by Crippen LogP contribution is -2.71. The van der Waals surface area contributed by atoms with Gasteiger partial charge in [-0.05, 0) is 69.2 Å². The summed E-state index contributed by atoms with van der Waals surface area (Å²) >= 11 is 13.5. The topological polar surface area (TPSA) is 122 Å². The number of Topliss-reactive ketones (excluding diaryl/α,β-unsaturated/α-hetero) is 1. The fourth-order valence-electron chi connectivity index (χ4n) is 7.16. The van der Waals surface area contributed by atoms with Gasteiger partial charge in [0, 0.05) is 50.1 Å². The Bertz CT molecular complexity index is 1720. The number of ether oxygens (including phenoxy) is 2. The molecule has 1 unspecified atom stereocenters. The van der Waals surface area contributed by atoms with Crippen molar-refractivity contribution in [2.45, 2.75) is 63.8 Å². The zero-order chi connectivity index (χ0) is 34.7. The van der Waals surface area contributed by atoms with E-state index in [1.54, 1.807) is 43.1 Å². The summed E-state index contributed by atoms with van der Waals surface area (Å²) in [5, 5.41) is 3.96. The Hall–Kier alpha value is -3.48. The van der Waals surface area contributed by atoms with Gasteiger partial charge in [0.2, 0.25) is 11.8 Å². The maximum atomic E-state index is 14.9. The zero-order valence-corrected chi connectivity index (χ0v) is 29.4. The number of para-hydroxylation sites is 1. The lowest BCUT2D eigenvalue weighted by atomic mass is 9.87. The normalized spacial score (nSPS) is 21.9. The SMILES string of the molecule is CCOC(=O)[C@H]1CC[C@H](OC(C(=O)Cc2cc(Cl)c(NC(=O)c3coc4ccccc34)cc2Cl)(N2CCCC2)N2CCN(C)C(=O)C2)CC1. The van der Waals surface area contributed by atoms with Gasteiger partial charge in [0.1, 0.15) is 11.8 Å². The van der Waals surface area contributed by atoms with Crippen LogP contribution in [-0.4, -0.2) is 96.6 Å². The standard InChI is InChI=1S/C36H42Cl2N4O7/c1-3-47-35(46)23-10-12-25(13-11-23)49-36(41-14-6-7-15-41,42-17-16-40(2)33(44)21-42)32(43)19-24-18-29(38)30(20-28(24)37)39-34(45)27-22-48-31-9-5-4-8-26(27)31/h4-5,8-9,18,20,22-23,25H,3,6-7,10-17,19,21H2,1-2H3,(H,39,45)/t23-,25-,36?. The predicted octanol–water partition coefficient (Wildman–Crippen LogP) is 5.77. The highest BCUT2D eigenvalue weighted by Crippen LogP contribution is 2.38. The summed E-state index contributed by atoms with van der Waals surface area (Å²) in [4.78, 5) is 59.2. The number of piperazine rings is 1. The molecule has 6 rings (SSSR count). The first-order valence-corrected chi connectivity index (χ1v) is 17.7. The van der Waals surface area contributed by atoms with Gasteiger partial charge in [-0.25, -0.2) is 4.90 Å². The fourth-order valence-corrected chi connectivity index (χ4v) is 7.63. The first kappa shape index (κ1) is 35.3. The van der Waals surface area contributed by atoms with Crippen molar-refractivity contribution in [3.63, 3.8) is 0 Å². The van der Waals surface area contributed by atoms with E-state index in [0.29, 0.717) is 86.3 Å². The zero-order valence-electron chi connectivity index (χ0n) is 27.8. The van der Waals surface area contributed by atoms with Crippen molar-refractivity contribution in [1.29, 1.82) is 0 Å². The molecule has 3 aromatic rings. The second-order valence-corrected chi connectivity index (χ2v) is 13.8. The Morgan fingerprint density at radius 3 is 2.43 bits per heavy atom. The van der Waals surface area contributed by atoms with Gasteiger partial charge in [-0.1, -0.05) is 41.4 Å². The van der Waals surface area contributed by atoms with Crippen LogP contribution in [0.25, 0.3) is 11.0 Å². The second-order valence-electron chi connectivity index (χ2n) is 13.0. The number of hydrogen-bond acceptors (Lipinski definition) is 9. The summed E-state index contributed by atoms with van der Waals surface area (Å²) in [6, 6.07) is 10.4. The van der Waals surface area contributed by atoms with Gasteiger partial charge in [0.05, 0.1) is 41.4 Å². The molecule has 0 radical (unpaired) electrons. The first-order valence-electron chi connectivity index (χ1n) is 17.0. The molecule has 1 atom stereocenters. The van der Waals surface area contributed by atoms with E-state index in [1.807, 2.05) is 17.0 Å². The Labute approximate surface area is 295 Å². The van der Waals surface area contributed by atoms with Crippen LogP contribution in [0, 0.1) is 5.92 Å². The summed E-state index contributed by atoms with van der Waals surface area (Å²) in [5.41, 5.74) is 1.71. The smallest absolute Gasteiger partial charge is 0.308 e. The van der Waals surface area contributed by atoms with E-state index in [4.69, 9.17) is 37.1 Å². The van der Waals surface area contributed by atoms with Crippen LogP contribution in [0.15, 0.2) is 47.1 Å². The lowest BCUT2D eigenvalue weighted by Gasteiger charge is -2.51. The number of fused-ring (bicyclic) bond motifs is 1. The summed E-state index contributed by atoms with van der Waals surface area (Å²) in [6.45, 7) is 4.32. The number of nitrogens with zero attached hydrogens (tertiary/aromatic N) is 3. The van der Waals surface area contributed by atoms with Crippen molar-refractivity contribution < 1.29 is 33.1 Å². The highest BCUT2D eigenvalue weighted by atomic mass is 35.5. The van der Waals surface area contributed by atoms with Crippen LogP contribution in [-0.2, 0) is 30.3 Å². The van der Waals surface area contributed by atoms with Crippen LogP contribution in [0.2, 0.25) is 10.0 Å². The van der Waals surface area contributed by atoms with Crippen molar-refractivity contribution in [3.8, 4) is 0 Å². The molecular formula is C36H42Cl2N4O7. The van der Waals surface area contributed by atoms with E-state index in [1.165, 1.54) is 6.26 Å². The molecule has 3 aliphatic rings. The van der Waals surface area contributed by atoms with Gasteiger partial charge in [-0.3, -0.25) is 24.1 Å². The number of ketones is 1. The number of benzene rings is 2. The Morgan fingerprint density at radius 2 is 1.71 bits per heavy atom. The highest BCUT2D eigenvalue weighted by Gasteiger charge is 2.54. The summed E-state index contributed by atoms with van der Waals surface area (Å²) < 4.78 is 17.8. The summed E-state index contributed by atoms with van der Waals surface area (Å²) in [5.74, 6) is -2.67. The summed E-state index contributed by atoms with van der Waals surface area (Å²) in [6.07, 6.45) is 5.12. The van der Waals surface area contributed by atoms with Gasteiger partial charge >= 0.3 is 5.97 Å². The molecule has 3 heterocycles. The Kier molecular flexibility index (Phi) is 11.0. The molecule has 49 heavy (non-hydrogen) atoms. The van der Waals surface area contributed by atoms with Crippen molar-refractivity contribution in [2.24, 2.45) is 5.92 Å². The monoisotopic (exact) mass is 712 g/mol. The molecule has 13 heteroatoms. The molecule has 262 valence electrons. The third kappa shape index (κ3) is 7.37. The molecule has 1 N–H and O–H groups in total. The fraction of sp³-hybridized carbons (Fsp3) is 0.500. The van der Waals surface area contributed by atoms with E-state index in [2.05, 4.69) is 10.2 Å². The highest BCUT2D eigenvalue weighted by molar-refractivity contribution is 6.36. The molecule has 1 aromatic heterocycles. The van der Waals surface area contributed by atoms with Crippen molar-refractivity contribution in [1.82, 2.24) is 14.7 Å². The molecule has 2 saturated heterocycles. The molecule has 2 amide bonds. The molecule has 0 spiro atoms. The number of hydrogen-bond donors (Lipinski definition) is 1. The second kappa shape index (κ2) is 15.2. The van der Waals surface area contributed by atoms with E-state index in [9.17, 15) is 19.2 Å². The molecule has 3 fully saturated rings. The first-order chi connectivity index (χ1) is 23.6. The number of amides is 2. The van der Waals surface area contributed by atoms with Gasteiger partial charge in [-0.2, -0.15) is 0 Å². The minimum absolute atomic E-state index is 0.0268. The van der Waals surface area contributed by atoms with E-state index in [0.717, 1.165) is 12.8 Å². The van der Waals surface area contributed by atoms with Gasteiger partial charge < -0.3 is 24.1 Å². The number of carbonyl (C=O) groups excluding carboxylic acids is 4. The lowest BCUT2D eigenvalue weighted by molar-refractivity contribution is -0.259. The predicted molar refractivity (Wildman–Crippen MR) is 186 cm³/mol. The van der Waals surface area contributed by atoms with Crippen LogP contribution in [0.3, 0.4) is 0 Å². The minimum Gasteiger partial charge on any atom is -0.466 e. The molecular weight excluding hydrogens is 671 g/mol. The largest absolute Gasteiger partial charge is 0.466 e. The van der Waals surface area contributed by atoms with Crippen molar-refractivity contribution in [3.05, 3.63) is 63.8 Å². The summed E-state index contributed by atoms with van der Waals surface area (Å²) in [7, 11) is 1.76. The number of likely N-dealkylation sites (tertiary alicyclic amines) is 1. The van der Waals surface area contributed by atoms with E-state index < -0.39 is 11.8 Å². The maximum Gasteiger partial charge on any atom is 0.308 e. The molecule has 11 nitrogen and oxygen atoms in total. The van der Waals surface area contributed by atoms with Crippen molar-refractivity contribution in [2.75, 3.05) is 51.7 Å². The van der Waals surface area contributed by atoms with Crippen LogP contribution in [0.4, 0.5) is 5.69 Å². The number of esters is 1. The Balaban J connectivity index is 1.27. The molecule has 1 saturated carbocycles. The van der Waals surface area contributed by atoms with Crippen molar-refractivity contribution >= 4 is 63.4 Å². The third-order valence-electron chi connectivity index (χ3n) is 9.87. The number of likely N-dealkylation sites (N-methyl/N-ethyl adjacent to an activating group) is 1. The number of furan rings is 1. The number of nitrogens with one attached hydrogen (secondary N) is 1. The minimum atomic E-state index is -1.51. The maximum absolute atomic E-state index is 14.9. The van der Waals surface area contributed by atoms with E-state index in [-0.39, 0.29) is 52.7 Å². The number of rotatable bonds is 11. The van der Waals surface area contributed by atoms with Crippen LogP contribution < -0.4 is 5.32 Å². The number of halogens is 2. The average Bonchev–Trinajstić information content (AvgIpc) is 3.79. The van der Waals surface area contributed by atoms with Gasteiger partial charge in [0.15, 0.2) is 5.78 Å². The van der Waals surface area contributed by atoms with Gasteiger partial charge in [0.25, 0.3) is 5.91 Å². The van der Waals surface area contributed by atoms with Gasteiger partial charge in [-0.15, -0.1) is 0 Å². The third-order valence-corrected chi connectivity index (χ3v) is 10.5. The average molecular weight is 714 g/mol. The molecule has 0 bridgehead atoms. The Morgan fingerprint density at radius 1 is 0.980 bits per heavy atom. The molecule has 2 aliphatic heterocycles. The number of anilines is 1. The quantitative estimate of drug-likeness (QED) is 0.247.